The highest BCUT2D eigenvalue weighted by Crippen LogP contribution is 2.47. The highest BCUT2D eigenvalue weighted by molar-refractivity contribution is 9.10. The molecule has 7 heteroatoms. The molecule has 5 nitrogen and oxygen atoms in total. The highest BCUT2D eigenvalue weighted by Gasteiger charge is 2.33. The Labute approximate surface area is 201 Å². The van der Waals surface area contributed by atoms with Crippen LogP contribution in [0.25, 0.3) is 5.57 Å². The minimum Gasteiger partial charge on any atom is -0.482 e. The van der Waals surface area contributed by atoms with Gasteiger partial charge in [0.1, 0.15) is 17.2 Å². The molecule has 0 saturated heterocycles. The van der Waals surface area contributed by atoms with Gasteiger partial charge in [0.2, 0.25) is 0 Å². The van der Waals surface area contributed by atoms with Gasteiger partial charge < -0.3 is 15.2 Å². The van der Waals surface area contributed by atoms with E-state index in [1.807, 2.05) is 19.9 Å². The lowest BCUT2D eigenvalue weighted by Gasteiger charge is -2.37. The van der Waals surface area contributed by atoms with Gasteiger partial charge in [0.05, 0.1) is 10.0 Å². The van der Waals surface area contributed by atoms with Gasteiger partial charge in [-0.1, -0.05) is 19.8 Å². The Morgan fingerprint density at radius 2 is 1.85 bits per heavy atom. The Morgan fingerprint density at radius 1 is 1.15 bits per heavy atom. The fraction of sp³-hybridized carbons (Fsp3) is 0.385. The molecule has 2 aliphatic rings. The monoisotopic (exact) mass is 515 g/mol. The predicted molar refractivity (Wildman–Crippen MR) is 129 cm³/mol. The normalized spacial score (nSPS) is 21.4. The largest absolute Gasteiger partial charge is 0.482 e. The van der Waals surface area contributed by atoms with Gasteiger partial charge >= 0.3 is 5.97 Å². The number of ether oxygens (including phenoxy) is 1. The van der Waals surface area contributed by atoms with Gasteiger partial charge in [0.15, 0.2) is 0 Å². The molecule has 33 heavy (non-hydrogen) atoms. The molecule has 1 amide bonds. The first-order valence-corrected chi connectivity index (χ1v) is 11.9. The fourth-order valence-corrected chi connectivity index (χ4v) is 5.21. The molecule has 4 rings (SSSR count). The van der Waals surface area contributed by atoms with Crippen molar-refractivity contribution in [1.82, 2.24) is 0 Å². The Morgan fingerprint density at radius 3 is 2.48 bits per heavy atom. The topological polar surface area (TPSA) is 75.6 Å². The van der Waals surface area contributed by atoms with Crippen molar-refractivity contribution in [3.63, 3.8) is 0 Å². The quantitative estimate of drug-likeness (QED) is 0.463. The van der Waals surface area contributed by atoms with Crippen LogP contribution in [0.3, 0.4) is 0 Å². The molecule has 174 valence electrons. The van der Waals surface area contributed by atoms with E-state index in [-0.39, 0.29) is 5.69 Å². The summed E-state index contributed by atoms with van der Waals surface area (Å²) in [6.45, 7) is 6.35. The Hall–Kier alpha value is -2.67. The SMILES string of the molecule is CC1(C)C=C([C@H]2CC[C@@H](C)CC2)c2cc(C(=O)Nc3ccc(C(=O)O)c(F)c3)cc(Br)c2O1. The molecular formula is C26H27BrFNO4. The summed E-state index contributed by atoms with van der Waals surface area (Å²) in [7, 11) is 0. The van der Waals surface area contributed by atoms with Crippen LogP contribution in [0.2, 0.25) is 0 Å². The molecule has 0 unspecified atom stereocenters. The molecule has 0 radical (unpaired) electrons. The van der Waals surface area contributed by atoms with Crippen LogP contribution in [0.15, 0.2) is 40.9 Å². The number of carboxylic acid groups (broad SMARTS) is 1. The summed E-state index contributed by atoms with van der Waals surface area (Å²) in [6, 6.07) is 7.04. The van der Waals surface area contributed by atoms with E-state index in [4.69, 9.17) is 9.84 Å². The summed E-state index contributed by atoms with van der Waals surface area (Å²) >= 11 is 3.58. The molecule has 1 aliphatic carbocycles. The number of allylic oxidation sites excluding steroid dienone is 1. The second kappa shape index (κ2) is 8.93. The van der Waals surface area contributed by atoms with E-state index in [0.29, 0.717) is 16.0 Å². The predicted octanol–water partition coefficient (Wildman–Crippen LogP) is 6.92. The summed E-state index contributed by atoms with van der Waals surface area (Å²) in [4.78, 5) is 24.0. The third kappa shape index (κ3) is 4.98. The van der Waals surface area contributed by atoms with Gasteiger partial charge in [0, 0.05) is 16.8 Å². The van der Waals surface area contributed by atoms with Crippen LogP contribution in [0.1, 0.15) is 72.7 Å². The molecule has 1 aliphatic heterocycles. The van der Waals surface area contributed by atoms with E-state index in [2.05, 4.69) is 34.2 Å². The van der Waals surface area contributed by atoms with Crippen LogP contribution in [0.4, 0.5) is 10.1 Å². The number of carboxylic acids is 1. The number of aromatic carboxylic acids is 1. The molecule has 2 aromatic rings. The molecule has 2 aromatic carbocycles. The summed E-state index contributed by atoms with van der Waals surface area (Å²) in [5.41, 5.74) is 1.80. The van der Waals surface area contributed by atoms with Crippen molar-refractivity contribution < 1.29 is 23.8 Å². The van der Waals surface area contributed by atoms with E-state index in [1.54, 1.807) is 6.07 Å². The van der Waals surface area contributed by atoms with Crippen molar-refractivity contribution >= 4 is 39.1 Å². The summed E-state index contributed by atoms with van der Waals surface area (Å²) in [5, 5.41) is 11.7. The number of carbonyl (C=O) groups is 2. The van der Waals surface area contributed by atoms with Crippen LogP contribution < -0.4 is 10.1 Å². The smallest absolute Gasteiger partial charge is 0.338 e. The molecule has 0 spiro atoms. The van der Waals surface area contributed by atoms with Gasteiger partial charge in [-0.2, -0.15) is 0 Å². The van der Waals surface area contributed by atoms with Crippen molar-refractivity contribution in [2.75, 3.05) is 5.32 Å². The van der Waals surface area contributed by atoms with Gasteiger partial charge in [-0.3, -0.25) is 4.79 Å². The number of benzene rings is 2. The number of rotatable bonds is 4. The average Bonchev–Trinajstić information content (AvgIpc) is 2.73. The summed E-state index contributed by atoms with van der Waals surface area (Å²) < 4.78 is 21.0. The summed E-state index contributed by atoms with van der Waals surface area (Å²) in [6.07, 6.45) is 6.73. The number of halogens is 2. The third-order valence-electron chi connectivity index (χ3n) is 6.40. The Bertz CT molecular complexity index is 1150. The Kier molecular flexibility index (Phi) is 6.36. The number of hydrogen-bond donors (Lipinski definition) is 2. The van der Waals surface area contributed by atoms with E-state index in [1.165, 1.54) is 24.5 Å². The lowest BCUT2D eigenvalue weighted by atomic mass is 9.75. The van der Waals surface area contributed by atoms with E-state index >= 15 is 0 Å². The zero-order chi connectivity index (χ0) is 23.9. The van der Waals surface area contributed by atoms with Crippen LogP contribution in [0, 0.1) is 17.7 Å². The number of nitrogens with one attached hydrogen (secondary N) is 1. The van der Waals surface area contributed by atoms with Crippen molar-refractivity contribution in [1.29, 1.82) is 0 Å². The lowest BCUT2D eigenvalue weighted by molar-refractivity contribution is 0.0691. The zero-order valence-electron chi connectivity index (χ0n) is 18.9. The van der Waals surface area contributed by atoms with Crippen LogP contribution in [-0.2, 0) is 0 Å². The molecular weight excluding hydrogens is 489 g/mol. The molecule has 0 aromatic heterocycles. The number of carbonyl (C=O) groups excluding carboxylic acids is 1. The van der Waals surface area contributed by atoms with Crippen LogP contribution in [0.5, 0.6) is 5.75 Å². The van der Waals surface area contributed by atoms with E-state index in [0.717, 1.165) is 42.2 Å². The van der Waals surface area contributed by atoms with Crippen molar-refractivity contribution in [3.8, 4) is 5.75 Å². The Balaban J connectivity index is 1.66. The van der Waals surface area contributed by atoms with Crippen LogP contribution in [-0.4, -0.2) is 22.6 Å². The summed E-state index contributed by atoms with van der Waals surface area (Å²) in [5.74, 6) is -0.813. The maximum Gasteiger partial charge on any atom is 0.338 e. The van der Waals surface area contributed by atoms with E-state index in [9.17, 15) is 14.0 Å². The third-order valence-corrected chi connectivity index (χ3v) is 6.99. The van der Waals surface area contributed by atoms with E-state index < -0.39 is 28.9 Å². The number of hydrogen-bond acceptors (Lipinski definition) is 3. The lowest BCUT2D eigenvalue weighted by Crippen LogP contribution is -2.31. The van der Waals surface area contributed by atoms with Gasteiger partial charge in [-0.05, 0) is 96.4 Å². The second-order valence-electron chi connectivity index (χ2n) is 9.55. The molecule has 0 atom stereocenters. The molecule has 1 heterocycles. The van der Waals surface area contributed by atoms with Gasteiger partial charge in [0.25, 0.3) is 5.91 Å². The first kappa shape index (κ1) is 23.5. The number of amides is 1. The molecule has 1 saturated carbocycles. The fourth-order valence-electron chi connectivity index (χ4n) is 4.67. The minimum absolute atomic E-state index is 0.186. The van der Waals surface area contributed by atoms with Crippen molar-refractivity contribution in [2.24, 2.45) is 11.8 Å². The second-order valence-corrected chi connectivity index (χ2v) is 10.4. The number of anilines is 1. The molecule has 1 fully saturated rings. The first-order chi connectivity index (χ1) is 15.5. The van der Waals surface area contributed by atoms with Crippen molar-refractivity contribution in [3.05, 3.63) is 63.4 Å². The molecule has 2 N–H and O–H groups in total. The number of fused-ring (bicyclic) bond motifs is 1. The average molecular weight is 516 g/mol. The van der Waals surface area contributed by atoms with Crippen molar-refractivity contribution in [2.45, 2.75) is 52.1 Å². The first-order valence-electron chi connectivity index (χ1n) is 11.1. The standard InChI is InChI=1S/C26H27BrFNO4/c1-14-4-6-15(7-5-14)20-13-26(2,3)33-23-19(20)10-16(11-21(23)27)24(30)29-17-8-9-18(25(31)32)22(28)12-17/h8-15H,4-7H2,1-3H3,(H,29,30)(H,31,32)/t14-,15+. The van der Waals surface area contributed by atoms with Gasteiger partial charge in [-0.25, -0.2) is 9.18 Å². The maximum absolute atomic E-state index is 14.0. The van der Waals surface area contributed by atoms with Crippen LogP contribution >= 0.6 is 15.9 Å². The zero-order valence-corrected chi connectivity index (χ0v) is 20.5. The molecule has 0 bridgehead atoms. The maximum atomic E-state index is 14.0. The highest BCUT2D eigenvalue weighted by atomic mass is 79.9. The minimum atomic E-state index is -1.36. The van der Waals surface area contributed by atoms with Gasteiger partial charge in [-0.15, -0.1) is 0 Å².